The van der Waals surface area contributed by atoms with Crippen LogP contribution in [0.3, 0.4) is 0 Å². The molecule has 1 saturated heterocycles. The molecule has 110 valence electrons. The van der Waals surface area contributed by atoms with Crippen LogP contribution in [0.15, 0.2) is 18.2 Å². The predicted octanol–water partition coefficient (Wildman–Crippen LogP) is 0.401. The lowest BCUT2D eigenvalue weighted by molar-refractivity contribution is 0.0935. The highest BCUT2D eigenvalue weighted by atomic mass is 32.2. The molecule has 0 aliphatic carbocycles. The Morgan fingerprint density at radius 2 is 1.90 bits per heavy atom. The Hall–Kier alpha value is -1.60. The molecule has 20 heavy (non-hydrogen) atoms. The molecule has 1 aromatic carbocycles. The average molecular weight is 299 g/mol. The number of ketones is 1. The summed E-state index contributed by atoms with van der Waals surface area (Å²) in [4.78, 5) is 13.9. The van der Waals surface area contributed by atoms with Crippen molar-refractivity contribution in [3.8, 4) is 11.5 Å². The van der Waals surface area contributed by atoms with Crippen molar-refractivity contribution in [3.63, 3.8) is 0 Å². The maximum atomic E-state index is 12.1. The van der Waals surface area contributed by atoms with Crippen LogP contribution in [0.1, 0.15) is 16.8 Å². The minimum Gasteiger partial charge on any atom is -0.504 e. The highest BCUT2D eigenvalue weighted by Gasteiger charge is 2.21. The van der Waals surface area contributed by atoms with E-state index in [9.17, 15) is 23.4 Å². The van der Waals surface area contributed by atoms with E-state index in [0.717, 1.165) is 0 Å². The normalized spacial score (nSPS) is 19.4. The van der Waals surface area contributed by atoms with Crippen molar-refractivity contribution in [1.82, 2.24) is 4.90 Å². The third kappa shape index (κ3) is 3.71. The third-order valence-corrected chi connectivity index (χ3v) is 5.03. The molecule has 0 amide bonds. The van der Waals surface area contributed by atoms with Crippen LogP contribution in [0.4, 0.5) is 0 Å². The molecule has 2 rings (SSSR count). The van der Waals surface area contributed by atoms with Gasteiger partial charge in [-0.2, -0.15) is 0 Å². The Balaban J connectivity index is 2.02. The van der Waals surface area contributed by atoms with Gasteiger partial charge in [-0.15, -0.1) is 0 Å². The molecule has 1 heterocycles. The van der Waals surface area contributed by atoms with E-state index in [4.69, 9.17) is 0 Å². The maximum absolute atomic E-state index is 12.1. The summed E-state index contributed by atoms with van der Waals surface area (Å²) in [5, 5.41) is 18.6. The van der Waals surface area contributed by atoms with Crippen molar-refractivity contribution < 1.29 is 23.4 Å². The van der Waals surface area contributed by atoms with Crippen LogP contribution < -0.4 is 0 Å². The van der Waals surface area contributed by atoms with Crippen molar-refractivity contribution >= 4 is 15.6 Å². The van der Waals surface area contributed by atoms with Crippen LogP contribution in [0.2, 0.25) is 0 Å². The van der Waals surface area contributed by atoms with Gasteiger partial charge in [0, 0.05) is 12.1 Å². The third-order valence-electron chi connectivity index (χ3n) is 3.31. The predicted molar refractivity (Wildman–Crippen MR) is 73.8 cm³/mol. The SMILES string of the molecule is O=C(CN1CCCS(=O)(=O)CC1)c1ccc(O)c(O)c1. The first kappa shape index (κ1) is 14.8. The summed E-state index contributed by atoms with van der Waals surface area (Å²) in [6, 6.07) is 3.91. The van der Waals surface area contributed by atoms with E-state index in [1.807, 2.05) is 0 Å². The lowest BCUT2D eigenvalue weighted by Gasteiger charge is -2.18. The fourth-order valence-electron chi connectivity index (χ4n) is 2.14. The van der Waals surface area contributed by atoms with Crippen LogP contribution in [0.5, 0.6) is 11.5 Å². The van der Waals surface area contributed by atoms with Gasteiger partial charge in [-0.25, -0.2) is 8.42 Å². The van der Waals surface area contributed by atoms with E-state index in [1.165, 1.54) is 18.2 Å². The Labute approximate surface area is 117 Å². The molecule has 2 N–H and O–H groups in total. The molecule has 6 nitrogen and oxygen atoms in total. The zero-order valence-electron chi connectivity index (χ0n) is 10.9. The number of phenolic OH excluding ortho intramolecular Hbond substituents is 2. The van der Waals surface area contributed by atoms with Gasteiger partial charge < -0.3 is 10.2 Å². The first-order valence-electron chi connectivity index (χ1n) is 6.35. The van der Waals surface area contributed by atoms with Gasteiger partial charge in [0.1, 0.15) is 0 Å². The lowest BCUT2D eigenvalue weighted by atomic mass is 10.1. The average Bonchev–Trinajstić information content (AvgIpc) is 2.54. The largest absolute Gasteiger partial charge is 0.504 e. The minimum absolute atomic E-state index is 0.0705. The van der Waals surface area contributed by atoms with Crippen molar-refractivity contribution in [2.75, 3.05) is 31.1 Å². The molecule has 1 fully saturated rings. The molecular weight excluding hydrogens is 282 g/mol. The second-order valence-corrected chi connectivity index (χ2v) is 7.21. The minimum atomic E-state index is -2.99. The van der Waals surface area contributed by atoms with Gasteiger partial charge in [-0.1, -0.05) is 0 Å². The van der Waals surface area contributed by atoms with Crippen molar-refractivity contribution in [2.45, 2.75) is 6.42 Å². The first-order chi connectivity index (χ1) is 9.37. The van der Waals surface area contributed by atoms with Crippen molar-refractivity contribution in [2.24, 2.45) is 0 Å². The number of sulfone groups is 1. The van der Waals surface area contributed by atoms with E-state index in [2.05, 4.69) is 0 Å². The zero-order chi connectivity index (χ0) is 14.8. The number of carbonyl (C=O) groups excluding carboxylic acids is 1. The Morgan fingerprint density at radius 3 is 2.60 bits per heavy atom. The second kappa shape index (κ2) is 5.80. The molecule has 0 aromatic heterocycles. The van der Waals surface area contributed by atoms with Crippen LogP contribution in [-0.2, 0) is 9.84 Å². The molecule has 0 saturated carbocycles. The number of hydrogen-bond acceptors (Lipinski definition) is 6. The van der Waals surface area contributed by atoms with E-state index in [0.29, 0.717) is 25.1 Å². The highest BCUT2D eigenvalue weighted by molar-refractivity contribution is 7.91. The van der Waals surface area contributed by atoms with Gasteiger partial charge in [0.15, 0.2) is 27.1 Å². The van der Waals surface area contributed by atoms with Crippen LogP contribution in [0, 0.1) is 0 Å². The molecule has 0 unspecified atom stereocenters. The molecule has 0 radical (unpaired) electrons. The molecule has 1 aliphatic heterocycles. The molecule has 7 heteroatoms. The fraction of sp³-hybridized carbons (Fsp3) is 0.462. The molecule has 0 spiro atoms. The number of carbonyl (C=O) groups is 1. The molecule has 1 aromatic rings. The van der Waals surface area contributed by atoms with Crippen molar-refractivity contribution in [3.05, 3.63) is 23.8 Å². The Kier molecular flexibility index (Phi) is 4.29. The number of hydrogen-bond donors (Lipinski definition) is 2. The fourth-order valence-corrected chi connectivity index (χ4v) is 3.45. The summed E-state index contributed by atoms with van der Waals surface area (Å²) in [6.45, 7) is 1.02. The Morgan fingerprint density at radius 1 is 1.15 bits per heavy atom. The number of phenols is 2. The number of benzene rings is 1. The van der Waals surface area contributed by atoms with E-state index >= 15 is 0 Å². The number of nitrogens with zero attached hydrogens (tertiary/aromatic N) is 1. The smallest absolute Gasteiger partial charge is 0.176 e. The van der Waals surface area contributed by atoms with Crippen LogP contribution in [-0.4, -0.2) is 60.5 Å². The summed E-state index contributed by atoms with van der Waals surface area (Å²) in [5.74, 6) is -0.588. The van der Waals surface area contributed by atoms with Gasteiger partial charge >= 0.3 is 0 Å². The monoisotopic (exact) mass is 299 g/mol. The van der Waals surface area contributed by atoms with Crippen molar-refractivity contribution in [1.29, 1.82) is 0 Å². The highest BCUT2D eigenvalue weighted by Crippen LogP contribution is 2.25. The molecular formula is C13H17NO5S. The molecule has 0 bridgehead atoms. The summed E-state index contributed by atoms with van der Waals surface area (Å²) in [7, 11) is -2.99. The van der Waals surface area contributed by atoms with E-state index in [-0.39, 0.29) is 35.3 Å². The molecule has 0 atom stereocenters. The van der Waals surface area contributed by atoms with Crippen LogP contribution in [0.25, 0.3) is 0 Å². The van der Waals surface area contributed by atoms with Gasteiger partial charge in [0.2, 0.25) is 0 Å². The molecule has 1 aliphatic rings. The first-order valence-corrected chi connectivity index (χ1v) is 8.17. The summed E-state index contributed by atoms with van der Waals surface area (Å²) >= 11 is 0. The zero-order valence-corrected chi connectivity index (χ0v) is 11.8. The second-order valence-electron chi connectivity index (χ2n) is 4.91. The topological polar surface area (TPSA) is 94.9 Å². The Bertz CT molecular complexity index is 611. The van der Waals surface area contributed by atoms with E-state index < -0.39 is 9.84 Å². The standard InChI is InChI=1S/C13H17NO5S/c15-11-3-2-10(8-12(11)16)13(17)9-14-4-1-6-20(18,19)7-5-14/h2-3,8,15-16H,1,4-7,9H2. The summed E-state index contributed by atoms with van der Waals surface area (Å²) in [5.41, 5.74) is 0.299. The number of rotatable bonds is 3. The van der Waals surface area contributed by atoms with E-state index in [1.54, 1.807) is 4.90 Å². The summed E-state index contributed by atoms with van der Waals surface area (Å²) in [6.07, 6.45) is 0.524. The number of Topliss-reactive ketones (excluding diaryl/α,β-unsaturated/α-hetero) is 1. The van der Waals surface area contributed by atoms with Gasteiger partial charge in [0.05, 0.1) is 18.1 Å². The van der Waals surface area contributed by atoms with Gasteiger partial charge in [-0.3, -0.25) is 9.69 Å². The van der Waals surface area contributed by atoms with Gasteiger partial charge in [-0.05, 0) is 31.2 Å². The van der Waals surface area contributed by atoms with Gasteiger partial charge in [0.25, 0.3) is 0 Å². The maximum Gasteiger partial charge on any atom is 0.176 e. The summed E-state index contributed by atoms with van der Waals surface area (Å²) < 4.78 is 23.0. The lowest BCUT2D eigenvalue weighted by Crippen LogP contribution is -2.32. The quantitative estimate of drug-likeness (QED) is 0.620. The number of aromatic hydroxyl groups is 2. The van der Waals surface area contributed by atoms with Crippen LogP contribution >= 0.6 is 0 Å².